The minimum absolute atomic E-state index is 0.00179. The molecular weight excluding hydrogens is 383 g/mol. The van der Waals surface area contributed by atoms with E-state index in [1.54, 1.807) is 48.5 Å². The molecule has 1 aromatic heterocycles. The van der Waals surface area contributed by atoms with E-state index in [-0.39, 0.29) is 11.8 Å². The van der Waals surface area contributed by atoms with Crippen molar-refractivity contribution in [3.63, 3.8) is 0 Å². The van der Waals surface area contributed by atoms with Gasteiger partial charge in [0.25, 0.3) is 0 Å². The summed E-state index contributed by atoms with van der Waals surface area (Å²) in [5.41, 5.74) is 0.547. The lowest BCUT2D eigenvalue weighted by Crippen LogP contribution is -2.19. The SMILES string of the molecule is COc1ccc(N(C)c2nc(Nc3ccc(C#N)cc3)ncc2C(F)(F)F)cc1. The zero-order valence-corrected chi connectivity index (χ0v) is 15.5. The Morgan fingerprint density at radius 2 is 1.72 bits per heavy atom. The first-order chi connectivity index (χ1) is 13.8. The van der Waals surface area contributed by atoms with Gasteiger partial charge in [-0.25, -0.2) is 4.98 Å². The van der Waals surface area contributed by atoms with E-state index in [1.807, 2.05) is 6.07 Å². The molecule has 9 heteroatoms. The van der Waals surface area contributed by atoms with Gasteiger partial charge >= 0.3 is 6.18 Å². The summed E-state index contributed by atoms with van der Waals surface area (Å²) in [5.74, 6) is 0.288. The molecule has 0 spiro atoms. The maximum Gasteiger partial charge on any atom is 0.421 e. The molecule has 0 saturated heterocycles. The molecule has 3 rings (SSSR count). The Kier molecular flexibility index (Phi) is 5.54. The molecule has 29 heavy (non-hydrogen) atoms. The number of methoxy groups -OCH3 is 1. The van der Waals surface area contributed by atoms with Crippen LogP contribution in [0.25, 0.3) is 0 Å². The van der Waals surface area contributed by atoms with Gasteiger partial charge in [0.2, 0.25) is 5.95 Å². The largest absolute Gasteiger partial charge is 0.497 e. The fourth-order valence-electron chi connectivity index (χ4n) is 2.57. The number of nitrogens with zero attached hydrogens (tertiary/aromatic N) is 4. The highest BCUT2D eigenvalue weighted by Gasteiger charge is 2.36. The highest BCUT2D eigenvalue weighted by atomic mass is 19.4. The van der Waals surface area contributed by atoms with Gasteiger partial charge in [0, 0.05) is 24.6 Å². The molecule has 0 fully saturated rings. The molecule has 0 aliphatic rings. The van der Waals surface area contributed by atoms with E-state index < -0.39 is 11.7 Å². The fourth-order valence-corrected chi connectivity index (χ4v) is 2.57. The number of hydrogen-bond donors (Lipinski definition) is 1. The molecular formula is C20H16F3N5O. The van der Waals surface area contributed by atoms with E-state index in [0.717, 1.165) is 6.20 Å². The van der Waals surface area contributed by atoms with Crippen LogP contribution in [0.2, 0.25) is 0 Å². The number of alkyl halides is 3. The lowest BCUT2D eigenvalue weighted by atomic mass is 10.2. The monoisotopic (exact) mass is 399 g/mol. The first-order valence-corrected chi connectivity index (χ1v) is 8.41. The van der Waals surface area contributed by atoms with Crippen molar-refractivity contribution >= 4 is 23.1 Å². The van der Waals surface area contributed by atoms with Crippen molar-refractivity contribution in [2.24, 2.45) is 0 Å². The van der Waals surface area contributed by atoms with E-state index in [2.05, 4.69) is 15.3 Å². The van der Waals surface area contributed by atoms with Gasteiger partial charge in [0.15, 0.2) is 5.82 Å². The zero-order chi connectivity index (χ0) is 21.0. The summed E-state index contributed by atoms with van der Waals surface area (Å²) in [6.45, 7) is 0. The van der Waals surface area contributed by atoms with E-state index in [9.17, 15) is 13.2 Å². The van der Waals surface area contributed by atoms with Crippen molar-refractivity contribution in [3.8, 4) is 11.8 Å². The van der Waals surface area contributed by atoms with Crippen molar-refractivity contribution in [2.75, 3.05) is 24.4 Å². The molecule has 0 aliphatic heterocycles. The molecule has 0 saturated carbocycles. The Hall–Kier alpha value is -3.80. The van der Waals surface area contributed by atoms with Gasteiger partial charge < -0.3 is 15.0 Å². The maximum atomic E-state index is 13.5. The summed E-state index contributed by atoms with van der Waals surface area (Å²) < 4.78 is 45.6. The Balaban J connectivity index is 1.97. The fraction of sp³-hybridized carbons (Fsp3) is 0.150. The number of rotatable bonds is 5. The predicted octanol–water partition coefficient (Wildman–Crippen LogP) is 4.89. The van der Waals surface area contributed by atoms with E-state index in [1.165, 1.54) is 19.1 Å². The number of anilines is 4. The van der Waals surface area contributed by atoms with Gasteiger partial charge in [0.05, 0.1) is 18.7 Å². The molecule has 0 unspecified atom stereocenters. The molecule has 148 valence electrons. The lowest BCUT2D eigenvalue weighted by molar-refractivity contribution is -0.137. The van der Waals surface area contributed by atoms with Crippen LogP contribution < -0.4 is 15.0 Å². The average Bonchev–Trinajstić information content (AvgIpc) is 2.73. The minimum Gasteiger partial charge on any atom is -0.497 e. The molecule has 3 aromatic rings. The van der Waals surface area contributed by atoms with Gasteiger partial charge in [0.1, 0.15) is 11.3 Å². The number of aromatic nitrogens is 2. The number of benzene rings is 2. The lowest BCUT2D eigenvalue weighted by Gasteiger charge is -2.23. The molecule has 0 bridgehead atoms. The smallest absolute Gasteiger partial charge is 0.421 e. The van der Waals surface area contributed by atoms with E-state index in [0.29, 0.717) is 22.7 Å². The Morgan fingerprint density at radius 3 is 2.28 bits per heavy atom. The molecule has 0 atom stereocenters. The summed E-state index contributed by atoms with van der Waals surface area (Å²) in [6.07, 6.45) is -3.88. The standard InChI is InChI=1S/C20H16F3N5O/c1-28(15-7-9-16(29-2)10-8-15)18-17(20(21,22)23)12-25-19(27-18)26-14-5-3-13(11-24)4-6-14/h3-10,12H,1-2H3,(H,25,26,27). The Morgan fingerprint density at radius 1 is 1.07 bits per heavy atom. The molecule has 1 heterocycles. The van der Waals surface area contributed by atoms with Crippen LogP contribution >= 0.6 is 0 Å². The predicted molar refractivity (Wildman–Crippen MR) is 103 cm³/mol. The molecule has 0 aliphatic carbocycles. The Bertz CT molecular complexity index is 1030. The van der Waals surface area contributed by atoms with E-state index in [4.69, 9.17) is 10.00 Å². The molecule has 1 N–H and O–H groups in total. The second-order valence-corrected chi connectivity index (χ2v) is 6.00. The van der Waals surface area contributed by atoms with Crippen LogP contribution in [0.5, 0.6) is 5.75 Å². The van der Waals surface area contributed by atoms with Crippen molar-refractivity contribution in [1.82, 2.24) is 9.97 Å². The van der Waals surface area contributed by atoms with Gasteiger partial charge in [-0.1, -0.05) is 0 Å². The molecule has 0 amide bonds. The van der Waals surface area contributed by atoms with Crippen LogP contribution in [0.15, 0.2) is 54.7 Å². The summed E-state index contributed by atoms with van der Waals surface area (Å²) in [7, 11) is 3.00. The summed E-state index contributed by atoms with van der Waals surface area (Å²) in [6, 6.07) is 15.0. The van der Waals surface area contributed by atoms with Crippen molar-refractivity contribution in [3.05, 3.63) is 65.9 Å². The number of halogens is 3. The third-order valence-electron chi connectivity index (χ3n) is 4.12. The third-order valence-corrected chi connectivity index (χ3v) is 4.12. The van der Waals surface area contributed by atoms with Crippen molar-refractivity contribution in [2.45, 2.75) is 6.18 Å². The average molecular weight is 399 g/mol. The quantitative estimate of drug-likeness (QED) is 0.659. The van der Waals surface area contributed by atoms with Gasteiger partial charge in [-0.2, -0.15) is 23.4 Å². The highest BCUT2D eigenvalue weighted by molar-refractivity contribution is 5.65. The molecule has 6 nitrogen and oxygen atoms in total. The topological polar surface area (TPSA) is 74.1 Å². The second kappa shape index (κ2) is 8.06. The maximum absolute atomic E-state index is 13.5. The van der Waals surface area contributed by atoms with Crippen LogP contribution in [0.3, 0.4) is 0 Å². The van der Waals surface area contributed by atoms with Crippen molar-refractivity contribution in [1.29, 1.82) is 5.26 Å². The first-order valence-electron chi connectivity index (χ1n) is 8.41. The highest BCUT2D eigenvalue weighted by Crippen LogP contribution is 2.38. The van der Waals surface area contributed by atoms with Gasteiger partial charge in [-0.15, -0.1) is 0 Å². The first kappa shape index (κ1) is 19.9. The molecule has 2 aromatic carbocycles. The normalized spacial score (nSPS) is 10.9. The van der Waals surface area contributed by atoms with Crippen LogP contribution in [0.1, 0.15) is 11.1 Å². The zero-order valence-electron chi connectivity index (χ0n) is 15.5. The van der Waals surface area contributed by atoms with Crippen LogP contribution in [0.4, 0.5) is 36.3 Å². The Labute approximate surface area is 165 Å². The minimum atomic E-state index is -4.62. The number of hydrogen-bond acceptors (Lipinski definition) is 6. The summed E-state index contributed by atoms with van der Waals surface area (Å²) in [4.78, 5) is 9.20. The van der Waals surface area contributed by atoms with Gasteiger partial charge in [-0.3, -0.25) is 0 Å². The van der Waals surface area contributed by atoms with Crippen LogP contribution in [0, 0.1) is 11.3 Å². The van der Waals surface area contributed by atoms with Crippen LogP contribution in [-0.4, -0.2) is 24.1 Å². The van der Waals surface area contributed by atoms with Crippen LogP contribution in [-0.2, 0) is 6.18 Å². The number of nitriles is 1. The van der Waals surface area contributed by atoms with E-state index >= 15 is 0 Å². The summed E-state index contributed by atoms with van der Waals surface area (Å²) >= 11 is 0. The number of ether oxygens (including phenoxy) is 1. The third kappa shape index (κ3) is 4.55. The van der Waals surface area contributed by atoms with Gasteiger partial charge in [-0.05, 0) is 48.5 Å². The molecule has 0 radical (unpaired) electrons. The summed E-state index contributed by atoms with van der Waals surface area (Å²) in [5, 5.41) is 11.7. The number of nitrogens with one attached hydrogen (secondary N) is 1. The second-order valence-electron chi connectivity index (χ2n) is 6.00. The van der Waals surface area contributed by atoms with Crippen molar-refractivity contribution < 1.29 is 17.9 Å².